The lowest BCUT2D eigenvalue weighted by molar-refractivity contribution is 0.154. The zero-order chi connectivity index (χ0) is 12.8. The maximum atomic E-state index is 9.74. The molecule has 1 unspecified atom stereocenters. The Morgan fingerprint density at radius 2 is 2.18 bits per heavy atom. The van der Waals surface area contributed by atoms with Gasteiger partial charge < -0.3 is 14.7 Å². The number of benzene rings is 1. The van der Waals surface area contributed by atoms with Crippen LogP contribution in [0.3, 0.4) is 0 Å². The maximum absolute atomic E-state index is 9.74. The standard InChI is InChI=1S/C13H20BrNO2/c1-4-17-8-7-15(3)13-9-11(14)5-6-12(13)10(2)16/h5-6,9-10,16H,4,7-8H2,1-3H3. The van der Waals surface area contributed by atoms with E-state index in [0.717, 1.165) is 28.9 Å². The molecule has 3 nitrogen and oxygen atoms in total. The molecule has 96 valence electrons. The van der Waals surface area contributed by atoms with E-state index in [4.69, 9.17) is 4.74 Å². The Morgan fingerprint density at radius 3 is 2.76 bits per heavy atom. The maximum Gasteiger partial charge on any atom is 0.0782 e. The van der Waals surface area contributed by atoms with Gasteiger partial charge in [-0.2, -0.15) is 0 Å². The fourth-order valence-electron chi connectivity index (χ4n) is 1.67. The molecule has 1 N–H and O–H groups in total. The van der Waals surface area contributed by atoms with Gasteiger partial charge in [-0.25, -0.2) is 0 Å². The molecule has 0 heterocycles. The van der Waals surface area contributed by atoms with Gasteiger partial charge in [-0.15, -0.1) is 0 Å². The zero-order valence-electron chi connectivity index (χ0n) is 10.6. The van der Waals surface area contributed by atoms with Gasteiger partial charge in [-0.3, -0.25) is 0 Å². The van der Waals surface area contributed by atoms with Gasteiger partial charge in [-0.05, 0) is 26.0 Å². The quantitative estimate of drug-likeness (QED) is 0.820. The van der Waals surface area contributed by atoms with E-state index in [-0.39, 0.29) is 0 Å². The molecule has 1 aromatic carbocycles. The van der Waals surface area contributed by atoms with Crippen molar-refractivity contribution in [3.8, 4) is 0 Å². The lowest BCUT2D eigenvalue weighted by atomic mass is 10.1. The van der Waals surface area contributed by atoms with Crippen LogP contribution < -0.4 is 4.90 Å². The van der Waals surface area contributed by atoms with Crippen LogP contribution >= 0.6 is 15.9 Å². The molecule has 0 aromatic heterocycles. The Balaban J connectivity index is 2.82. The van der Waals surface area contributed by atoms with Crippen molar-refractivity contribution in [2.45, 2.75) is 20.0 Å². The number of likely N-dealkylation sites (N-methyl/N-ethyl adjacent to an activating group) is 1. The SMILES string of the molecule is CCOCCN(C)c1cc(Br)ccc1C(C)O. The summed E-state index contributed by atoms with van der Waals surface area (Å²) in [5, 5.41) is 9.74. The smallest absolute Gasteiger partial charge is 0.0782 e. The number of hydrogen-bond donors (Lipinski definition) is 1. The molecule has 0 aliphatic rings. The van der Waals surface area contributed by atoms with Gasteiger partial charge in [0.2, 0.25) is 0 Å². The minimum Gasteiger partial charge on any atom is -0.389 e. The van der Waals surface area contributed by atoms with Crippen molar-refractivity contribution in [3.63, 3.8) is 0 Å². The number of rotatable bonds is 6. The first-order chi connectivity index (χ1) is 8.06. The van der Waals surface area contributed by atoms with Gasteiger partial charge in [-0.1, -0.05) is 22.0 Å². The Hall–Kier alpha value is -0.580. The van der Waals surface area contributed by atoms with Crippen LogP contribution in [0.2, 0.25) is 0 Å². The highest BCUT2D eigenvalue weighted by Crippen LogP contribution is 2.28. The molecule has 0 spiro atoms. The monoisotopic (exact) mass is 301 g/mol. The summed E-state index contributed by atoms with van der Waals surface area (Å²) in [6.07, 6.45) is -0.465. The predicted molar refractivity (Wildman–Crippen MR) is 74.5 cm³/mol. The van der Waals surface area contributed by atoms with E-state index in [1.807, 2.05) is 32.2 Å². The zero-order valence-corrected chi connectivity index (χ0v) is 12.2. The normalized spacial score (nSPS) is 12.5. The number of anilines is 1. The molecule has 0 amide bonds. The van der Waals surface area contributed by atoms with Crippen molar-refractivity contribution in [1.82, 2.24) is 0 Å². The Morgan fingerprint density at radius 1 is 1.47 bits per heavy atom. The summed E-state index contributed by atoms with van der Waals surface area (Å²) in [7, 11) is 2.01. The topological polar surface area (TPSA) is 32.7 Å². The summed E-state index contributed by atoms with van der Waals surface area (Å²) < 4.78 is 6.35. The van der Waals surface area contributed by atoms with Crippen LogP contribution in [-0.4, -0.2) is 31.9 Å². The van der Waals surface area contributed by atoms with Crippen molar-refractivity contribution < 1.29 is 9.84 Å². The number of nitrogens with zero attached hydrogens (tertiary/aromatic N) is 1. The second-order valence-electron chi connectivity index (χ2n) is 4.00. The molecule has 0 fully saturated rings. The first-order valence-corrected chi connectivity index (χ1v) is 6.62. The summed E-state index contributed by atoms with van der Waals surface area (Å²) in [4.78, 5) is 2.10. The van der Waals surface area contributed by atoms with E-state index in [1.165, 1.54) is 0 Å². The molecular weight excluding hydrogens is 282 g/mol. The van der Waals surface area contributed by atoms with Crippen LogP contribution in [0.15, 0.2) is 22.7 Å². The second-order valence-corrected chi connectivity index (χ2v) is 4.91. The molecule has 0 radical (unpaired) electrons. The van der Waals surface area contributed by atoms with Crippen LogP contribution in [0.1, 0.15) is 25.5 Å². The van der Waals surface area contributed by atoms with E-state index in [2.05, 4.69) is 20.8 Å². The molecule has 4 heteroatoms. The predicted octanol–water partition coefficient (Wildman–Crippen LogP) is 2.98. The van der Waals surface area contributed by atoms with Crippen molar-refractivity contribution in [3.05, 3.63) is 28.2 Å². The van der Waals surface area contributed by atoms with E-state index in [9.17, 15) is 5.11 Å². The Labute approximate surface area is 112 Å². The van der Waals surface area contributed by atoms with Crippen LogP contribution in [0.4, 0.5) is 5.69 Å². The molecule has 0 bridgehead atoms. The Kier molecular flexibility index (Phi) is 5.95. The van der Waals surface area contributed by atoms with Crippen LogP contribution in [-0.2, 0) is 4.74 Å². The lowest BCUT2D eigenvalue weighted by Crippen LogP contribution is -2.24. The molecule has 0 saturated carbocycles. The minimum absolute atomic E-state index is 0.465. The number of aliphatic hydroxyl groups excluding tert-OH is 1. The summed E-state index contributed by atoms with van der Waals surface area (Å²) in [6.45, 7) is 6.00. The highest BCUT2D eigenvalue weighted by Gasteiger charge is 2.11. The summed E-state index contributed by atoms with van der Waals surface area (Å²) >= 11 is 3.46. The van der Waals surface area contributed by atoms with Crippen LogP contribution in [0, 0.1) is 0 Å². The first-order valence-electron chi connectivity index (χ1n) is 5.82. The van der Waals surface area contributed by atoms with E-state index >= 15 is 0 Å². The summed E-state index contributed by atoms with van der Waals surface area (Å²) in [5.74, 6) is 0. The van der Waals surface area contributed by atoms with E-state index in [0.29, 0.717) is 6.61 Å². The van der Waals surface area contributed by atoms with Gasteiger partial charge in [0.05, 0.1) is 12.7 Å². The minimum atomic E-state index is -0.465. The first kappa shape index (κ1) is 14.5. The van der Waals surface area contributed by atoms with Crippen molar-refractivity contribution in [2.75, 3.05) is 31.7 Å². The van der Waals surface area contributed by atoms with Gasteiger partial charge >= 0.3 is 0 Å². The fourth-order valence-corrected chi connectivity index (χ4v) is 2.02. The van der Waals surface area contributed by atoms with Gasteiger partial charge in [0.1, 0.15) is 0 Å². The molecular formula is C13H20BrNO2. The molecule has 1 atom stereocenters. The fraction of sp³-hybridized carbons (Fsp3) is 0.538. The number of halogens is 1. The third kappa shape index (κ3) is 4.30. The van der Waals surface area contributed by atoms with Gasteiger partial charge in [0.25, 0.3) is 0 Å². The highest BCUT2D eigenvalue weighted by molar-refractivity contribution is 9.10. The molecule has 0 aliphatic carbocycles. The highest BCUT2D eigenvalue weighted by atomic mass is 79.9. The van der Waals surface area contributed by atoms with Gasteiger partial charge in [0.15, 0.2) is 0 Å². The molecule has 17 heavy (non-hydrogen) atoms. The van der Waals surface area contributed by atoms with Crippen molar-refractivity contribution in [1.29, 1.82) is 0 Å². The molecule has 0 saturated heterocycles. The summed E-state index contributed by atoms with van der Waals surface area (Å²) in [6, 6.07) is 5.91. The average molecular weight is 302 g/mol. The van der Waals surface area contributed by atoms with Crippen LogP contribution in [0.5, 0.6) is 0 Å². The average Bonchev–Trinajstić information content (AvgIpc) is 2.28. The summed E-state index contributed by atoms with van der Waals surface area (Å²) in [5.41, 5.74) is 1.97. The van der Waals surface area contributed by atoms with Gasteiger partial charge in [0, 0.05) is 35.9 Å². The van der Waals surface area contributed by atoms with Crippen LogP contribution in [0.25, 0.3) is 0 Å². The second kappa shape index (κ2) is 6.99. The van der Waals surface area contributed by atoms with Crippen molar-refractivity contribution >= 4 is 21.6 Å². The number of ether oxygens (including phenoxy) is 1. The largest absolute Gasteiger partial charge is 0.389 e. The number of aliphatic hydroxyl groups is 1. The van der Waals surface area contributed by atoms with Crippen molar-refractivity contribution in [2.24, 2.45) is 0 Å². The molecule has 0 aliphatic heterocycles. The molecule has 1 rings (SSSR count). The molecule has 1 aromatic rings. The number of hydrogen-bond acceptors (Lipinski definition) is 3. The Bertz CT molecular complexity index is 355. The van der Waals surface area contributed by atoms with E-state index in [1.54, 1.807) is 6.92 Å². The third-order valence-corrected chi connectivity index (χ3v) is 3.12. The van der Waals surface area contributed by atoms with E-state index < -0.39 is 6.10 Å². The lowest BCUT2D eigenvalue weighted by Gasteiger charge is -2.23. The third-order valence-electron chi connectivity index (χ3n) is 2.63.